The van der Waals surface area contributed by atoms with Crippen molar-refractivity contribution in [1.82, 2.24) is 15.0 Å². The molecule has 0 saturated carbocycles. The maximum absolute atomic E-state index is 12.9. The molecule has 1 aliphatic carbocycles. The van der Waals surface area contributed by atoms with E-state index in [1.807, 2.05) is 43.3 Å². The van der Waals surface area contributed by atoms with Crippen LogP contribution in [0.4, 0.5) is 5.69 Å². The van der Waals surface area contributed by atoms with Crippen LogP contribution in [0.1, 0.15) is 31.8 Å². The Morgan fingerprint density at radius 3 is 1.68 bits per heavy atom. The van der Waals surface area contributed by atoms with Crippen molar-refractivity contribution in [2.75, 3.05) is 19.0 Å². The van der Waals surface area contributed by atoms with Crippen LogP contribution in [0, 0.1) is 0 Å². The molecule has 0 saturated heterocycles. The lowest BCUT2D eigenvalue weighted by atomic mass is 9.84. The van der Waals surface area contributed by atoms with Crippen molar-refractivity contribution in [1.29, 1.82) is 0 Å². The summed E-state index contributed by atoms with van der Waals surface area (Å²) < 4.78 is 0. The Bertz CT molecular complexity index is 1200. The van der Waals surface area contributed by atoms with Gasteiger partial charge in [0.15, 0.2) is 11.6 Å². The number of hydrogen-bond acceptors (Lipinski definition) is 5. The molecular weight excluding hydrogens is 352 g/mol. The normalized spacial score (nSPS) is 12.8. The van der Waals surface area contributed by atoms with E-state index in [0.29, 0.717) is 33.3 Å². The van der Waals surface area contributed by atoms with Crippen molar-refractivity contribution in [3.63, 3.8) is 0 Å². The molecule has 4 aromatic rings. The molecule has 1 aromatic heterocycles. The van der Waals surface area contributed by atoms with Gasteiger partial charge in [-0.1, -0.05) is 24.3 Å². The van der Waals surface area contributed by atoms with Crippen LogP contribution in [0.5, 0.6) is 0 Å². The van der Waals surface area contributed by atoms with Gasteiger partial charge in [0.1, 0.15) is 11.0 Å². The number of ketones is 2. The molecule has 136 valence electrons. The molecule has 0 bridgehead atoms. The first kappa shape index (κ1) is 16.4. The van der Waals surface area contributed by atoms with Gasteiger partial charge in [-0.15, -0.1) is 10.2 Å². The summed E-state index contributed by atoms with van der Waals surface area (Å²) >= 11 is 0. The highest BCUT2D eigenvalue weighted by Crippen LogP contribution is 2.30. The summed E-state index contributed by atoms with van der Waals surface area (Å²) in [6.07, 6.45) is 0. The topological polar surface area (TPSA) is 68.1 Å². The minimum atomic E-state index is -0.156. The number of rotatable bonds is 2. The average Bonchev–Trinajstić information content (AvgIpc) is 3.14. The Morgan fingerprint density at radius 2 is 1.21 bits per heavy atom. The third-order valence-corrected chi connectivity index (χ3v) is 5.02. The second-order valence-electron chi connectivity index (χ2n) is 6.99. The van der Waals surface area contributed by atoms with Crippen LogP contribution < -0.4 is 4.90 Å². The Labute approximate surface area is 161 Å². The van der Waals surface area contributed by atoms with Gasteiger partial charge < -0.3 is 4.90 Å². The highest BCUT2D eigenvalue weighted by molar-refractivity contribution is 6.29. The maximum atomic E-state index is 12.9. The van der Waals surface area contributed by atoms with E-state index in [-0.39, 0.29) is 11.6 Å². The van der Waals surface area contributed by atoms with Gasteiger partial charge in [-0.05, 0) is 36.4 Å². The molecule has 5 rings (SSSR count). The summed E-state index contributed by atoms with van der Waals surface area (Å²) in [5.41, 5.74) is 4.67. The van der Waals surface area contributed by atoms with Crippen molar-refractivity contribution in [2.45, 2.75) is 0 Å². The minimum Gasteiger partial charge on any atom is -0.378 e. The summed E-state index contributed by atoms with van der Waals surface area (Å²) in [4.78, 5) is 29.3. The molecule has 0 aliphatic heterocycles. The van der Waals surface area contributed by atoms with E-state index in [1.165, 1.54) is 4.80 Å². The number of nitrogens with zero attached hydrogens (tertiary/aromatic N) is 4. The zero-order valence-corrected chi connectivity index (χ0v) is 15.4. The van der Waals surface area contributed by atoms with Crippen molar-refractivity contribution in [3.05, 3.63) is 82.9 Å². The zero-order chi connectivity index (χ0) is 19.4. The predicted octanol–water partition coefficient (Wildman–Crippen LogP) is 3.26. The van der Waals surface area contributed by atoms with Crippen LogP contribution >= 0.6 is 0 Å². The van der Waals surface area contributed by atoms with Crippen molar-refractivity contribution in [3.8, 4) is 5.69 Å². The molecule has 0 unspecified atom stereocenters. The highest BCUT2D eigenvalue weighted by atomic mass is 16.1. The first-order valence-corrected chi connectivity index (χ1v) is 8.90. The van der Waals surface area contributed by atoms with E-state index in [9.17, 15) is 9.59 Å². The number of aromatic nitrogens is 3. The molecular formula is C22H16N4O2. The molecule has 0 atom stereocenters. The zero-order valence-electron chi connectivity index (χ0n) is 15.4. The fourth-order valence-electron chi connectivity index (χ4n) is 3.51. The Kier molecular flexibility index (Phi) is 3.42. The van der Waals surface area contributed by atoms with Crippen LogP contribution in [0.25, 0.3) is 16.7 Å². The van der Waals surface area contributed by atoms with E-state index in [2.05, 4.69) is 10.2 Å². The van der Waals surface area contributed by atoms with E-state index >= 15 is 0 Å². The second-order valence-corrected chi connectivity index (χ2v) is 6.99. The average molecular weight is 368 g/mol. The summed E-state index contributed by atoms with van der Waals surface area (Å²) in [5.74, 6) is -0.311. The maximum Gasteiger partial charge on any atom is 0.194 e. The summed E-state index contributed by atoms with van der Waals surface area (Å²) in [6, 6.07) is 18.1. The van der Waals surface area contributed by atoms with E-state index in [1.54, 1.807) is 36.4 Å². The van der Waals surface area contributed by atoms with E-state index in [4.69, 9.17) is 0 Å². The van der Waals surface area contributed by atoms with Gasteiger partial charge in [0.2, 0.25) is 0 Å². The SMILES string of the molecule is CN(C)c1ccc(-n2nc3cc4c(cc3n2)C(=O)c2ccccc2C4=O)cc1. The number of fused-ring (bicyclic) bond motifs is 3. The van der Waals surface area contributed by atoms with Crippen LogP contribution in [-0.2, 0) is 0 Å². The number of anilines is 1. The van der Waals surface area contributed by atoms with Crippen LogP contribution in [0.15, 0.2) is 60.7 Å². The molecule has 3 aromatic carbocycles. The largest absolute Gasteiger partial charge is 0.378 e. The Balaban J connectivity index is 1.63. The molecule has 0 amide bonds. The van der Waals surface area contributed by atoms with Crippen molar-refractivity contribution >= 4 is 28.3 Å². The van der Waals surface area contributed by atoms with E-state index in [0.717, 1.165) is 11.4 Å². The summed E-state index contributed by atoms with van der Waals surface area (Å²) in [7, 11) is 3.96. The molecule has 1 aliphatic rings. The van der Waals surface area contributed by atoms with Gasteiger partial charge in [-0.25, -0.2) is 0 Å². The van der Waals surface area contributed by atoms with Gasteiger partial charge in [0, 0.05) is 42.0 Å². The van der Waals surface area contributed by atoms with Crippen LogP contribution in [-0.4, -0.2) is 40.7 Å². The Hall–Kier alpha value is -3.80. The highest BCUT2D eigenvalue weighted by Gasteiger charge is 2.30. The fourth-order valence-corrected chi connectivity index (χ4v) is 3.51. The second kappa shape index (κ2) is 5.85. The third kappa shape index (κ3) is 2.35. The van der Waals surface area contributed by atoms with Crippen molar-refractivity contribution < 1.29 is 9.59 Å². The lowest BCUT2D eigenvalue weighted by molar-refractivity contribution is 0.0979. The predicted molar refractivity (Wildman–Crippen MR) is 106 cm³/mol. The standard InChI is InChI=1S/C22H16N4O2/c1-25(2)13-7-9-14(10-8-13)26-23-19-11-17-18(12-20(19)24-26)22(28)16-6-4-3-5-15(16)21(17)27/h3-12H,1-2H3. The van der Waals surface area contributed by atoms with E-state index < -0.39 is 0 Å². The molecule has 0 spiro atoms. The Morgan fingerprint density at radius 1 is 0.714 bits per heavy atom. The quantitative estimate of drug-likeness (QED) is 0.478. The molecule has 1 heterocycles. The lowest BCUT2D eigenvalue weighted by Gasteiger charge is -2.16. The van der Waals surface area contributed by atoms with Crippen molar-refractivity contribution in [2.24, 2.45) is 0 Å². The fraction of sp³-hybridized carbons (Fsp3) is 0.0909. The summed E-state index contributed by atoms with van der Waals surface area (Å²) in [5, 5.41) is 9.02. The number of carbonyl (C=O) groups is 2. The molecule has 0 fully saturated rings. The third-order valence-electron chi connectivity index (χ3n) is 5.02. The minimum absolute atomic E-state index is 0.156. The monoisotopic (exact) mass is 368 g/mol. The first-order valence-electron chi connectivity index (χ1n) is 8.90. The molecule has 28 heavy (non-hydrogen) atoms. The number of benzene rings is 3. The molecule has 0 N–H and O–H groups in total. The van der Waals surface area contributed by atoms with Gasteiger partial charge in [-0.2, -0.15) is 4.80 Å². The molecule has 6 nitrogen and oxygen atoms in total. The summed E-state index contributed by atoms with van der Waals surface area (Å²) in [6.45, 7) is 0. The van der Waals surface area contributed by atoms with Gasteiger partial charge in [0.05, 0.1) is 5.69 Å². The molecule has 0 radical (unpaired) electrons. The van der Waals surface area contributed by atoms with Crippen LogP contribution in [0.2, 0.25) is 0 Å². The van der Waals surface area contributed by atoms with Crippen LogP contribution in [0.3, 0.4) is 0 Å². The van der Waals surface area contributed by atoms with Gasteiger partial charge >= 0.3 is 0 Å². The van der Waals surface area contributed by atoms with Gasteiger partial charge in [-0.3, -0.25) is 9.59 Å². The lowest BCUT2D eigenvalue weighted by Crippen LogP contribution is -2.20. The number of hydrogen-bond donors (Lipinski definition) is 0. The number of carbonyl (C=O) groups excluding carboxylic acids is 2. The molecule has 6 heteroatoms. The smallest absolute Gasteiger partial charge is 0.194 e. The first-order chi connectivity index (χ1) is 13.5. The van der Waals surface area contributed by atoms with Gasteiger partial charge in [0.25, 0.3) is 0 Å².